The Balaban J connectivity index is 1.05. The van der Waals surface area contributed by atoms with Crippen LogP contribution in [0.4, 0.5) is 11.4 Å². The van der Waals surface area contributed by atoms with Crippen LogP contribution < -0.4 is 4.90 Å². The van der Waals surface area contributed by atoms with Gasteiger partial charge in [-0.15, -0.1) is 0 Å². The number of hydrogen-bond acceptors (Lipinski definition) is 1. The highest BCUT2D eigenvalue weighted by Gasteiger charge is 2.58. The van der Waals surface area contributed by atoms with E-state index in [9.17, 15) is 0 Å². The Bertz CT molecular complexity index is 3280. The SMILES string of the molecule is CC1C=CC2(C)C3=C1C(C)(c1ccc(-c4ccccc4)c4ccccc14)C=CC3(C)N(c1ccc3c(c1)-c1ccccc1C31c3ccccc3-c3ccccc31)c1ccccc12. The van der Waals surface area contributed by atoms with Crippen LogP contribution in [0.1, 0.15) is 61.1 Å². The Morgan fingerprint density at radius 1 is 0.419 bits per heavy atom. The molecule has 1 spiro atoms. The average Bonchev–Trinajstić information content (AvgIpc) is 3.78. The highest BCUT2D eigenvalue weighted by Crippen LogP contribution is 2.66. The van der Waals surface area contributed by atoms with Crippen molar-refractivity contribution in [2.24, 2.45) is 5.92 Å². The number of allylic oxidation sites excluding steroid dienone is 4. The van der Waals surface area contributed by atoms with E-state index in [0.717, 1.165) is 0 Å². The topological polar surface area (TPSA) is 3.24 Å². The monoisotopic (exact) mass is 793 g/mol. The van der Waals surface area contributed by atoms with Gasteiger partial charge in [0, 0.05) is 22.2 Å². The molecule has 5 aliphatic rings. The molecule has 1 heterocycles. The normalized spacial score (nSPS) is 24.1. The highest BCUT2D eigenvalue weighted by atomic mass is 15.2. The maximum absolute atomic E-state index is 2.68. The van der Waals surface area contributed by atoms with Gasteiger partial charge in [0.15, 0.2) is 0 Å². The zero-order valence-corrected chi connectivity index (χ0v) is 35.7. The summed E-state index contributed by atoms with van der Waals surface area (Å²) >= 11 is 0. The molecule has 4 aliphatic carbocycles. The minimum absolute atomic E-state index is 0.237. The van der Waals surface area contributed by atoms with Crippen LogP contribution in [-0.4, -0.2) is 5.54 Å². The fourth-order valence-corrected chi connectivity index (χ4v) is 13.3. The van der Waals surface area contributed by atoms with E-state index in [1.54, 1.807) is 0 Å². The first kappa shape index (κ1) is 35.8. The lowest BCUT2D eigenvalue weighted by atomic mass is 9.52. The number of para-hydroxylation sites is 1. The maximum atomic E-state index is 2.68. The molecule has 296 valence electrons. The molecule has 1 nitrogen and oxygen atoms in total. The minimum atomic E-state index is -0.451. The van der Waals surface area contributed by atoms with Crippen molar-refractivity contribution in [1.82, 2.24) is 0 Å². The van der Waals surface area contributed by atoms with Crippen molar-refractivity contribution >= 4 is 22.1 Å². The number of fused-ring (bicyclic) bond motifs is 13. The molecule has 0 amide bonds. The first-order valence-corrected chi connectivity index (χ1v) is 22.3. The summed E-state index contributed by atoms with van der Waals surface area (Å²) in [5, 5.41) is 2.61. The molecule has 62 heavy (non-hydrogen) atoms. The standard InChI is InChI=1S/C61H47N/c1-39-34-35-59(3)54-28-16-17-29-55(54)62(60(4)37-36-58(2,56(39)57(59)60)49-33-31-42(40-18-6-5-7-19-40)43-20-8-9-21-44(43)49)41-30-32-53-48(38-41)47-24-12-15-27-52(47)61(53)50-25-13-10-22-45(50)46-23-11-14-26-51(46)61/h5-39H,1-4H3. The van der Waals surface area contributed by atoms with Gasteiger partial charge >= 0.3 is 0 Å². The van der Waals surface area contributed by atoms with Gasteiger partial charge in [0.25, 0.3) is 0 Å². The van der Waals surface area contributed by atoms with Crippen molar-refractivity contribution in [2.45, 2.75) is 49.5 Å². The van der Waals surface area contributed by atoms with Gasteiger partial charge < -0.3 is 4.90 Å². The van der Waals surface area contributed by atoms with Crippen molar-refractivity contribution < 1.29 is 0 Å². The van der Waals surface area contributed by atoms with E-state index in [4.69, 9.17) is 0 Å². The number of nitrogens with zero attached hydrogens (tertiary/aromatic N) is 1. The molecule has 8 aromatic rings. The molecule has 1 aliphatic heterocycles. The van der Waals surface area contributed by atoms with Crippen LogP contribution in [0.25, 0.3) is 44.2 Å². The van der Waals surface area contributed by atoms with E-state index in [1.165, 1.54) is 100 Å². The zero-order valence-electron chi connectivity index (χ0n) is 35.7. The fraction of sp³-hybridized carbons (Fsp3) is 0.148. The largest absolute Gasteiger partial charge is 0.328 e. The van der Waals surface area contributed by atoms with E-state index >= 15 is 0 Å². The molecule has 0 saturated heterocycles. The Hall–Kier alpha value is -6.96. The van der Waals surface area contributed by atoms with Crippen LogP contribution in [0, 0.1) is 5.92 Å². The van der Waals surface area contributed by atoms with Crippen LogP contribution in [-0.2, 0) is 16.2 Å². The zero-order chi connectivity index (χ0) is 41.6. The summed E-state index contributed by atoms with van der Waals surface area (Å²) in [7, 11) is 0. The summed E-state index contributed by atoms with van der Waals surface area (Å²) < 4.78 is 0. The molecule has 0 N–H and O–H groups in total. The lowest BCUT2D eigenvalue weighted by Crippen LogP contribution is -2.58. The van der Waals surface area contributed by atoms with Crippen molar-refractivity contribution in [3.63, 3.8) is 0 Å². The summed E-state index contributed by atoms with van der Waals surface area (Å²) in [6.45, 7) is 9.87. The first-order chi connectivity index (χ1) is 30.3. The molecule has 4 unspecified atom stereocenters. The van der Waals surface area contributed by atoms with E-state index < -0.39 is 5.54 Å². The Kier molecular flexibility index (Phi) is 7.11. The number of benzene rings is 8. The van der Waals surface area contributed by atoms with Crippen LogP contribution in [0.2, 0.25) is 0 Å². The van der Waals surface area contributed by atoms with E-state index in [0.29, 0.717) is 0 Å². The van der Waals surface area contributed by atoms with Gasteiger partial charge in [0.2, 0.25) is 0 Å². The summed E-state index contributed by atoms with van der Waals surface area (Å²) in [6.07, 6.45) is 10.2. The number of hydrogen-bond donors (Lipinski definition) is 0. The highest BCUT2D eigenvalue weighted by molar-refractivity contribution is 6.00. The van der Waals surface area contributed by atoms with Gasteiger partial charge in [0.1, 0.15) is 0 Å². The van der Waals surface area contributed by atoms with Crippen molar-refractivity contribution in [3.05, 3.63) is 251 Å². The summed E-state index contributed by atoms with van der Waals surface area (Å²) in [5.41, 5.74) is 20.1. The van der Waals surface area contributed by atoms with Gasteiger partial charge in [-0.2, -0.15) is 0 Å². The smallest absolute Gasteiger partial charge is 0.0833 e. The van der Waals surface area contributed by atoms with E-state index in [1.807, 2.05) is 0 Å². The fourth-order valence-electron chi connectivity index (χ4n) is 13.3. The van der Waals surface area contributed by atoms with Crippen LogP contribution in [0.15, 0.2) is 217 Å². The van der Waals surface area contributed by atoms with Gasteiger partial charge in [-0.25, -0.2) is 0 Å². The molecule has 13 rings (SSSR count). The summed E-state index contributed by atoms with van der Waals surface area (Å²) in [5.74, 6) is 0.237. The van der Waals surface area contributed by atoms with Crippen molar-refractivity contribution in [2.75, 3.05) is 4.90 Å². The third kappa shape index (κ3) is 4.29. The molecule has 0 fully saturated rings. The molecule has 4 atom stereocenters. The van der Waals surface area contributed by atoms with Gasteiger partial charge in [-0.3, -0.25) is 0 Å². The van der Waals surface area contributed by atoms with Crippen LogP contribution >= 0.6 is 0 Å². The quantitative estimate of drug-likeness (QED) is 0.161. The second-order valence-corrected chi connectivity index (χ2v) is 18.9. The Morgan fingerprint density at radius 3 is 1.66 bits per heavy atom. The molecular formula is C61H47N. The molecule has 0 radical (unpaired) electrons. The molecule has 0 bridgehead atoms. The lowest BCUT2D eigenvalue weighted by Gasteiger charge is -2.59. The summed E-state index contributed by atoms with van der Waals surface area (Å²) in [4.78, 5) is 2.68. The third-order valence-electron chi connectivity index (χ3n) is 15.7. The first-order valence-electron chi connectivity index (χ1n) is 22.3. The summed E-state index contributed by atoms with van der Waals surface area (Å²) in [6, 6.07) is 68.7. The minimum Gasteiger partial charge on any atom is -0.328 e. The van der Waals surface area contributed by atoms with Gasteiger partial charge in [-0.05, 0) is 134 Å². The Morgan fingerprint density at radius 2 is 0.968 bits per heavy atom. The van der Waals surface area contributed by atoms with Gasteiger partial charge in [0.05, 0.1) is 11.0 Å². The Labute approximate surface area is 365 Å². The molecule has 0 aromatic heterocycles. The molecule has 0 saturated carbocycles. The van der Waals surface area contributed by atoms with Crippen LogP contribution in [0.5, 0.6) is 0 Å². The lowest BCUT2D eigenvalue weighted by molar-refractivity contribution is 0.442. The average molecular weight is 794 g/mol. The number of anilines is 2. The maximum Gasteiger partial charge on any atom is 0.0833 e. The van der Waals surface area contributed by atoms with Crippen LogP contribution in [0.3, 0.4) is 0 Å². The second kappa shape index (κ2) is 12.3. The molecular weight excluding hydrogens is 747 g/mol. The molecule has 1 heteroatoms. The van der Waals surface area contributed by atoms with Gasteiger partial charge in [-0.1, -0.05) is 195 Å². The number of rotatable bonds is 3. The van der Waals surface area contributed by atoms with E-state index in [-0.39, 0.29) is 22.2 Å². The van der Waals surface area contributed by atoms with E-state index in [2.05, 4.69) is 239 Å². The predicted molar refractivity (Wildman–Crippen MR) is 258 cm³/mol. The molecule has 8 aromatic carbocycles. The van der Waals surface area contributed by atoms with Crippen molar-refractivity contribution in [3.8, 4) is 33.4 Å². The third-order valence-corrected chi connectivity index (χ3v) is 15.7. The second-order valence-electron chi connectivity index (χ2n) is 18.9. The predicted octanol–water partition coefficient (Wildman–Crippen LogP) is 15.0. The van der Waals surface area contributed by atoms with Crippen molar-refractivity contribution in [1.29, 1.82) is 0 Å².